The van der Waals surface area contributed by atoms with Crippen molar-refractivity contribution in [2.24, 2.45) is 5.10 Å². The van der Waals surface area contributed by atoms with E-state index in [0.717, 1.165) is 22.8 Å². The molecule has 1 aromatic heterocycles. The van der Waals surface area contributed by atoms with Gasteiger partial charge in [-0.3, -0.25) is 9.36 Å². The van der Waals surface area contributed by atoms with E-state index >= 15 is 0 Å². The van der Waals surface area contributed by atoms with E-state index in [1.807, 2.05) is 83.4 Å². The van der Waals surface area contributed by atoms with Crippen LogP contribution in [0.3, 0.4) is 0 Å². The maximum atomic E-state index is 12.3. The molecule has 9 heteroatoms. The third-order valence-corrected chi connectivity index (χ3v) is 5.84. The summed E-state index contributed by atoms with van der Waals surface area (Å²) < 4.78 is 1.95. The maximum absolute atomic E-state index is 12.3. The summed E-state index contributed by atoms with van der Waals surface area (Å²) in [6, 6.07) is 27.0. The highest BCUT2D eigenvalue weighted by atomic mass is 35.5. The molecule has 4 rings (SSSR count). The van der Waals surface area contributed by atoms with E-state index in [-0.39, 0.29) is 11.7 Å². The monoisotopic (exact) mass is 476 g/mol. The summed E-state index contributed by atoms with van der Waals surface area (Å²) in [7, 11) is 0. The standard InChI is InChI=1S/C24H21ClN6OS/c25-21-14-8-7-9-18(21)15-27-29-23(32)17-33-24-30-28-22(16-26-19-10-3-1-4-11-19)31(24)20-12-5-2-6-13-20/h1-15,26H,16-17H2,(H,29,32). The zero-order valence-electron chi connectivity index (χ0n) is 17.6. The van der Waals surface area contributed by atoms with Gasteiger partial charge in [0.05, 0.1) is 18.5 Å². The Morgan fingerprint density at radius 3 is 2.42 bits per heavy atom. The molecule has 2 N–H and O–H groups in total. The molecule has 1 amide bonds. The molecule has 0 aliphatic carbocycles. The summed E-state index contributed by atoms with van der Waals surface area (Å²) in [6.07, 6.45) is 1.52. The minimum absolute atomic E-state index is 0.136. The van der Waals surface area contributed by atoms with Crippen LogP contribution in [-0.2, 0) is 11.3 Å². The summed E-state index contributed by atoms with van der Waals surface area (Å²) in [5.74, 6) is 0.622. The summed E-state index contributed by atoms with van der Waals surface area (Å²) >= 11 is 7.38. The van der Waals surface area contributed by atoms with Crippen molar-refractivity contribution in [2.75, 3.05) is 11.1 Å². The van der Waals surface area contributed by atoms with Crippen LogP contribution in [0.25, 0.3) is 5.69 Å². The number of nitrogens with one attached hydrogen (secondary N) is 2. The SMILES string of the molecule is O=C(CSc1nnc(CNc2ccccc2)n1-c1ccccc1)NN=Cc1ccccc1Cl. The minimum Gasteiger partial charge on any atom is -0.378 e. The van der Waals surface area contributed by atoms with Gasteiger partial charge in [-0.05, 0) is 30.3 Å². The first-order chi connectivity index (χ1) is 16.2. The summed E-state index contributed by atoms with van der Waals surface area (Å²) in [5.41, 5.74) is 5.16. The second-order valence-corrected chi connectivity index (χ2v) is 8.24. The lowest BCUT2D eigenvalue weighted by Gasteiger charge is -2.11. The Balaban J connectivity index is 1.43. The largest absolute Gasteiger partial charge is 0.378 e. The lowest BCUT2D eigenvalue weighted by atomic mass is 10.2. The summed E-state index contributed by atoms with van der Waals surface area (Å²) in [6.45, 7) is 0.487. The Morgan fingerprint density at radius 2 is 1.67 bits per heavy atom. The van der Waals surface area contributed by atoms with Crippen molar-refractivity contribution >= 4 is 41.2 Å². The molecule has 7 nitrogen and oxygen atoms in total. The van der Waals surface area contributed by atoms with Crippen LogP contribution in [0.2, 0.25) is 5.02 Å². The number of carbonyl (C=O) groups is 1. The van der Waals surface area contributed by atoms with Crippen LogP contribution in [0.5, 0.6) is 0 Å². The highest BCUT2D eigenvalue weighted by Crippen LogP contribution is 2.22. The van der Waals surface area contributed by atoms with Crippen LogP contribution in [0.4, 0.5) is 5.69 Å². The lowest BCUT2D eigenvalue weighted by Crippen LogP contribution is -2.20. The number of hydrazone groups is 1. The number of hydrogen-bond acceptors (Lipinski definition) is 6. The van der Waals surface area contributed by atoms with E-state index in [0.29, 0.717) is 16.7 Å². The molecule has 1 heterocycles. The molecule has 166 valence electrons. The van der Waals surface area contributed by atoms with Gasteiger partial charge >= 0.3 is 0 Å². The number of carbonyl (C=O) groups excluding carboxylic acids is 1. The van der Waals surface area contributed by atoms with Gasteiger partial charge in [-0.2, -0.15) is 5.10 Å². The molecule has 0 aliphatic heterocycles. The summed E-state index contributed by atoms with van der Waals surface area (Å²) in [5, 5.41) is 17.2. The molecule has 0 saturated heterocycles. The molecule has 4 aromatic rings. The fourth-order valence-corrected chi connectivity index (χ4v) is 3.95. The Morgan fingerprint density at radius 1 is 0.970 bits per heavy atom. The van der Waals surface area contributed by atoms with Crippen molar-refractivity contribution in [3.63, 3.8) is 0 Å². The molecule has 0 radical (unpaired) electrons. The molecule has 0 saturated carbocycles. The molecule has 0 spiro atoms. The Bertz CT molecular complexity index is 1230. The van der Waals surface area contributed by atoms with Crippen molar-refractivity contribution in [1.82, 2.24) is 20.2 Å². The average Bonchev–Trinajstić information content (AvgIpc) is 3.26. The number of rotatable bonds is 9. The van der Waals surface area contributed by atoms with Gasteiger partial charge in [-0.1, -0.05) is 78.0 Å². The van der Waals surface area contributed by atoms with Gasteiger partial charge in [0.2, 0.25) is 0 Å². The first kappa shape index (κ1) is 22.6. The number of anilines is 1. The minimum atomic E-state index is -0.255. The van der Waals surface area contributed by atoms with Gasteiger partial charge in [-0.25, -0.2) is 5.43 Å². The topological polar surface area (TPSA) is 84.2 Å². The molecule has 0 atom stereocenters. The van der Waals surface area contributed by atoms with E-state index in [1.54, 1.807) is 6.07 Å². The molecule has 33 heavy (non-hydrogen) atoms. The molecule has 0 aliphatic rings. The second-order valence-electron chi connectivity index (χ2n) is 6.89. The molecule has 0 fully saturated rings. The van der Waals surface area contributed by atoms with E-state index < -0.39 is 0 Å². The number of aromatic nitrogens is 3. The van der Waals surface area contributed by atoms with E-state index in [9.17, 15) is 4.79 Å². The van der Waals surface area contributed by atoms with Gasteiger partial charge in [0.25, 0.3) is 5.91 Å². The van der Waals surface area contributed by atoms with Crippen LogP contribution in [0, 0.1) is 0 Å². The number of nitrogens with zero attached hydrogens (tertiary/aromatic N) is 4. The van der Waals surface area contributed by atoms with Crippen LogP contribution < -0.4 is 10.7 Å². The van der Waals surface area contributed by atoms with Crippen LogP contribution >= 0.6 is 23.4 Å². The highest BCUT2D eigenvalue weighted by molar-refractivity contribution is 7.99. The zero-order chi connectivity index (χ0) is 22.9. The number of amides is 1. The van der Waals surface area contributed by atoms with Gasteiger partial charge in [-0.15, -0.1) is 10.2 Å². The van der Waals surface area contributed by atoms with E-state index in [1.165, 1.54) is 18.0 Å². The Kier molecular flexibility index (Phi) is 7.73. The van der Waals surface area contributed by atoms with Gasteiger partial charge in [0.1, 0.15) is 0 Å². The fraction of sp³-hybridized carbons (Fsp3) is 0.0833. The van der Waals surface area contributed by atoms with Crippen molar-refractivity contribution in [3.05, 3.63) is 101 Å². The van der Waals surface area contributed by atoms with Crippen LogP contribution in [0.1, 0.15) is 11.4 Å². The van der Waals surface area contributed by atoms with Gasteiger partial charge in [0, 0.05) is 22.0 Å². The quantitative estimate of drug-likeness (QED) is 0.206. The predicted molar refractivity (Wildman–Crippen MR) is 133 cm³/mol. The van der Waals surface area contributed by atoms with Gasteiger partial charge < -0.3 is 5.32 Å². The predicted octanol–water partition coefficient (Wildman–Crippen LogP) is 4.78. The number of para-hydroxylation sites is 2. The third-order valence-electron chi connectivity index (χ3n) is 4.57. The molecular formula is C24H21ClN6OS. The van der Waals surface area contributed by atoms with Crippen molar-refractivity contribution in [2.45, 2.75) is 11.7 Å². The van der Waals surface area contributed by atoms with Crippen LogP contribution in [0.15, 0.2) is 95.2 Å². The summed E-state index contributed by atoms with van der Waals surface area (Å²) in [4.78, 5) is 12.3. The molecular weight excluding hydrogens is 456 g/mol. The zero-order valence-corrected chi connectivity index (χ0v) is 19.1. The number of thioether (sulfide) groups is 1. The Hall–Kier alpha value is -3.62. The van der Waals surface area contributed by atoms with Gasteiger partial charge in [0.15, 0.2) is 11.0 Å². The maximum Gasteiger partial charge on any atom is 0.250 e. The van der Waals surface area contributed by atoms with Crippen molar-refractivity contribution < 1.29 is 4.79 Å². The van der Waals surface area contributed by atoms with Crippen molar-refractivity contribution in [3.8, 4) is 5.69 Å². The first-order valence-electron chi connectivity index (χ1n) is 10.2. The third kappa shape index (κ3) is 6.21. The second kappa shape index (κ2) is 11.3. The Labute approximate surface area is 200 Å². The van der Waals surface area contributed by atoms with E-state index in [4.69, 9.17) is 11.6 Å². The lowest BCUT2D eigenvalue weighted by molar-refractivity contribution is -0.118. The molecule has 0 unspecified atom stereocenters. The van der Waals surface area contributed by atoms with E-state index in [2.05, 4.69) is 26.0 Å². The molecule has 3 aromatic carbocycles. The smallest absolute Gasteiger partial charge is 0.250 e. The number of halogens is 1. The first-order valence-corrected chi connectivity index (χ1v) is 11.5. The van der Waals surface area contributed by atoms with Crippen LogP contribution in [-0.4, -0.2) is 32.6 Å². The average molecular weight is 477 g/mol. The number of hydrogen-bond donors (Lipinski definition) is 2. The normalized spacial score (nSPS) is 10.9. The number of benzene rings is 3. The fourth-order valence-electron chi connectivity index (χ4n) is 3.00. The van der Waals surface area contributed by atoms with Crippen molar-refractivity contribution in [1.29, 1.82) is 0 Å². The highest BCUT2D eigenvalue weighted by Gasteiger charge is 2.15. The molecule has 0 bridgehead atoms.